The van der Waals surface area contributed by atoms with Crippen molar-refractivity contribution in [3.05, 3.63) is 33.8 Å². The molecule has 0 atom stereocenters. The Hall–Kier alpha value is -0.520. The summed E-state index contributed by atoms with van der Waals surface area (Å²) in [6.45, 7) is 0.338. The predicted molar refractivity (Wildman–Crippen MR) is 50.0 cm³/mol. The molecule has 1 aromatic rings. The van der Waals surface area contributed by atoms with Gasteiger partial charge in [-0.25, -0.2) is 8.78 Å². The third kappa shape index (κ3) is 2.46. The summed E-state index contributed by atoms with van der Waals surface area (Å²) in [7, 11) is 0. The van der Waals surface area contributed by atoms with Crippen molar-refractivity contribution < 1.29 is 8.78 Å². The molecule has 0 aliphatic heterocycles. The molecule has 0 heterocycles. The Kier molecular flexibility index (Phi) is 3.77. The fourth-order valence-electron chi connectivity index (χ4n) is 0.995. The second-order valence-corrected chi connectivity index (χ2v) is 3.38. The van der Waals surface area contributed by atoms with Gasteiger partial charge in [-0.2, -0.15) is 0 Å². The maximum Gasteiger partial charge on any atom is 0.143 e. The van der Waals surface area contributed by atoms with Gasteiger partial charge in [0.05, 0.1) is 4.47 Å². The van der Waals surface area contributed by atoms with Crippen molar-refractivity contribution in [3.63, 3.8) is 0 Å². The smallest absolute Gasteiger partial charge is 0.143 e. The number of halogens is 3. The highest BCUT2D eigenvalue weighted by Crippen LogP contribution is 2.21. The lowest BCUT2D eigenvalue weighted by Crippen LogP contribution is -2.25. The first-order valence-electron chi connectivity index (χ1n) is 3.72. The average Bonchev–Trinajstić information content (AvgIpc) is 2.12. The zero-order chi connectivity index (χ0) is 9.84. The lowest BCUT2D eigenvalue weighted by Gasteiger charge is -2.05. The van der Waals surface area contributed by atoms with Crippen molar-refractivity contribution in [2.45, 2.75) is 6.42 Å². The van der Waals surface area contributed by atoms with Gasteiger partial charge in [-0.05, 0) is 34.5 Å². The van der Waals surface area contributed by atoms with E-state index < -0.39 is 11.6 Å². The molecule has 0 saturated carbocycles. The molecule has 0 aliphatic rings. The van der Waals surface area contributed by atoms with E-state index in [1.165, 1.54) is 12.1 Å². The number of nitrogens with one attached hydrogen (secondary N) is 1. The summed E-state index contributed by atoms with van der Waals surface area (Å²) in [5, 5.41) is 0. The molecule has 1 rings (SSSR count). The molecule has 0 aromatic heterocycles. The maximum atomic E-state index is 13.2. The summed E-state index contributed by atoms with van der Waals surface area (Å²) in [6, 6.07) is 2.56. The quantitative estimate of drug-likeness (QED) is 0.487. The number of hydrazine groups is 1. The molecule has 13 heavy (non-hydrogen) atoms. The Labute approximate surface area is 83.2 Å². The fraction of sp³-hybridized carbons (Fsp3) is 0.250. The van der Waals surface area contributed by atoms with Crippen LogP contribution in [-0.2, 0) is 6.42 Å². The molecule has 0 fully saturated rings. The Morgan fingerprint density at radius 1 is 1.38 bits per heavy atom. The standard InChI is InChI=1S/C8H9BrF2N2/c9-6-1-2-7(10)5(8(6)11)3-4-13-12/h1-2,13H,3-4,12H2. The maximum absolute atomic E-state index is 13.2. The predicted octanol–water partition coefficient (Wildman–Crippen LogP) is 1.73. The Morgan fingerprint density at radius 3 is 2.69 bits per heavy atom. The molecule has 0 bridgehead atoms. The summed E-state index contributed by atoms with van der Waals surface area (Å²) in [6.07, 6.45) is 0.230. The van der Waals surface area contributed by atoms with Crippen LogP contribution in [0.4, 0.5) is 8.78 Å². The van der Waals surface area contributed by atoms with Gasteiger partial charge in [0.1, 0.15) is 11.6 Å². The summed E-state index contributed by atoms with van der Waals surface area (Å²) in [5.74, 6) is 3.90. The van der Waals surface area contributed by atoms with E-state index in [1.54, 1.807) is 0 Å². The van der Waals surface area contributed by atoms with E-state index in [1.807, 2.05) is 0 Å². The Balaban J connectivity index is 2.96. The number of nitrogens with two attached hydrogens (primary N) is 1. The minimum atomic E-state index is -0.560. The molecular weight excluding hydrogens is 242 g/mol. The van der Waals surface area contributed by atoms with E-state index in [4.69, 9.17) is 5.84 Å². The molecule has 0 amide bonds. The van der Waals surface area contributed by atoms with Gasteiger partial charge < -0.3 is 0 Å². The number of hydrogen-bond donors (Lipinski definition) is 2. The molecule has 2 nitrogen and oxygen atoms in total. The van der Waals surface area contributed by atoms with Crippen LogP contribution in [0.1, 0.15) is 5.56 Å². The van der Waals surface area contributed by atoms with Crippen LogP contribution in [0.5, 0.6) is 0 Å². The molecule has 1 aromatic carbocycles. The zero-order valence-corrected chi connectivity index (χ0v) is 8.37. The fourth-order valence-corrected chi connectivity index (χ4v) is 1.37. The summed E-state index contributed by atoms with van der Waals surface area (Å²) in [5.41, 5.74) is 2.39. The van der Waals surface area contributed by atoms with E-state index in [2.05, 4.69) is 21.4 Å². The van der Waals surface area contributed by atoms with E-state index in [9.17, 15) is 8.78 Å². The monoisotopic (exact) mass is 250 g/mol. The lowest BCUT2D eigenvalue weighted by molar-refractivity contribution is 0.544. The van der Waals surface area contributed by atoms with Crippen molar-refractivity contribution in [1.82, 2.24) is 5.43 Å². The highest BCUT2D eigenvalue weighted by molar-refractivity contribution is 9.10. The third-order valence-corrected chi connectivity index (χ3v) is 2.27. The topological polar surface area (TPSA) is 38.0 Å². The van der Waals surface area contributed by atoms with Crippen LogP contribution >= 0.6 is 15.9 Å². The normalized spacial score (nSPS) is 10.5. The second-order valence-electron chi connectivity index (χ2n) is 2.53. The van der Waals surface area contributed by atoms with Gasteiger partial charge in [0, 0.05) is 12.1 Å². The Morgan fingerprint density at radius 2 is 2.08 bits per heavy atom. The van der Waals surface area contributed by atoms with E-state index in [0.29, 0.717) is 6.54 Å². The van der Waals surface area contributed by atoms with Gasteiger partial charge in [0.15, 0.2) is 0 Å². The van der Waals surface area contributed by atoms with Gasteiger partial charge in [-0.1, -0.05) is 0 Å². The van der Waals surface area contributed by atoms with Gasteiger partial charge in [-0.15, -0.1) is 0 Å². The molecule has 72 valence electrons. The summed E-state index contributed by atoms with van der Waals surface area (Å²) in [4.78, 5) is 0. The molecule has 3 N–H and O–H groups in total. The van der Waals surface area contributed by atoms with Crippen LogP contribution in [0.2, 0.25) is 0 Å². The second kappa shape index (κ2) is 4.64. The Bertz CT molecular complexity index is 304. The van der Waals surface area contributed by atoms with Crippen LogP contribution in [0.15, 0.2) is 16.6 Å². The molecule has 0 spiro atoms. The van der Waals surface area contributed by atoms with Crippen LogP contribution in [0.25, 0.3) is 0 Å². The minimum Gasteiger partial charge on any atom is -0.271 e. The van der Waals surface area contributed by atoms with Crippen LogP contribution in [0, 0.1) is 11.6 Å². The molecule has 5 heteroatoms. The van der Waals surface area contributed by atoms with Crippen LogP contribution in [-0.4, -0.2) is 6.54 Å². The van der Waals surface area contributed by atoms with E-state index >= 15 is 0 Å². The number of hydrogen-bond acceptors (Lipinski definition) is 2. The molecule has 0 saturated heterocycles. The van der Waals surface area contributed by atoms with E-state index in [0.717, 1.165) is 0 Å². The third-order valence-electron chi connectivity index (χ3n) is 1.66. The lowest BCUT2D eigenvalue weighted by atomic mass is 10.1. The van der Waals surface area contributed by atoms with Crippen molar-refractivity contribution in [2.75, 3.05) is 6.54 Å². The molecule has 0 aliphatic carbocycles. The van der Waals surface area contributed by atoms with Crippen molar-refractivity contribution in [2.24, 2.45) is 5.84 Å². The molecule has 0 radical (unpaired) electrons. The van der Waals surface area contributed by atoms with Gasteiger partial charge in [-0.3, -0.25) is 11.3 Å². The highest BCUT2D eigenvalue weighted by atomic mass is 79.9. The van der Waals surface area contributed by atoms with Gasteiger partial charge in [0.25, 0.3) is 0 Å². The van der Waals surface area contributed by atoms with Gasteiger partial charge >= 0.3 is 0 Å². The summed E-state index contributed by atoms with van der Waals surface area (Å²) >= 11 is 2.98. The zero-order valence-electron chi connectivity index (χ0n) is 6.78. The first-order valence-corrected chi connectivity index (χ1v) is 4.52. The minimum absolute atomic E-state index is 0.0484. The SMILES string of the molecule is NNCCc1c(F)ccc(Br)c1F. The first kappa shape index (κ1) is 10.6. The largest absolute Gasteiger partial charge is 0.271 e. The first-order chi connectivity index (χ1) is 6.16. The number of rotatable bonds is 3. The van der Waals surface area contributed by atoms with Crippen LogP contribution < -0.4 is 11.3 Å². The highest BCUT2D eigenvalue weighted by Gasteiger charge is 2.10. The van der Waals surface area contributed by atoms with Gasteiger partial charge in [0.2, 0.25) is 0 Å². The summed E-state index contributed by atoms with van der Waals surface area (Å²) < 4.78 is 26.5. The van der Waals surface area contributed by atoms with Crippen molar-refractivity contribution in [3.8, 4) is 0 Å². The molecule has 0 unspecified atom stereocenters. The van der Waals surface area contributed by atoms with Crippen molar-refractivity contribution >= 4 is 15.9 Å². The number of benzene rings is 1. The molecular formula is C8H9BrF2N2. The van der Waals surface area contributed by atoms with E-state index in [-0.39, 0.29) is 16.5 Å². The van der Waals surface area contributed by atoms with Crippen molar-refractivity contribution in [1.29, 1.82) is 0 Å². The van der Waals surface area contributed by atoms with Crippen LogP contribution in [0.3, 0.4) is 0 Å². The average molecular weight is 251 g/mol.